The van der Waals surface area contributed by atoms with Crippen LogP contribution >= 0.6 is 11.8 Å². The molecule has 6 unspecified atom stereocenters. The number of amides is 3. The van der Waals surface area contributed by atoms with Crippen LogP contribution in [-0.4, -0.2) is 140 Å². The molecule has 3 N–H and O–H groups in total. The molecule has 1 aliphatic rings. The summed E-state index contributed by atoms with van der Waals surface area (Å²) in [7, 11) is 15.7. The first kappa shape index (κ1) is 113. The van der Waals surface area contributed by atoms with Gasteiger partial charge in [0.05, 0.1) is 68.6 Å². The van der Waals surface area contributed by atoms with Gasteiger partial charge in [0.25, 0.3) is 5.69 Å². The van der Waals surface area contributed by atoms with Gasteiger partial charge < -0.3 is 58.6 Å². The highest BCUT2D eigenvalue weighted by molar-refractivity contribution is 8.00. The quantitative estimate of drug-likeness (QED) is 0.0139. The van der Waals surface area contributed by atoms with E-state index >= 15 is 0 Å². The number of nitro benzene ring substituents is 1. The number of nitrogens with zero attached hydrogens (tertiary/aromatic N) is 2. The number of Topliss-reactive ketones (excluding diaryl/α,β-unsaturated/α-hetero) is 3. The molecule has 1 aliphatic heterocycles. The Morgan fingerprint density at radius 2 is 0.928 bits per heavy atom. The number of likely N-dealkylation sites (tertiary alicyclic amines) is 1. The topological polar surface area (TPSA) is 259 Å². The molecule has 3 amide bonds. The van der Waals surface area contributed by atoms with Crippen molar-refractivity contribution in [2.75, 3.05) is 89.8 Å². The zero-order chi connectivity index (χ0) is 93.3. The van der Waals surface area contributed by atoms with Gasteiger partial charge in [-0.25, -0.2) is 0 Å². The number of carbonyl (C=O) groups excluding carboxylic acids is 6. The molecule has 0 bridgehead atoms. The number of carbonyl (C=O) groups is 6. The Bertz CT molecular complexity index is 4140. The highest BCUT2D eigenvalue weighted by Crippen LogP contribution is 2.39. The number of ketones is 3. The minimum absolute atomic E-state index is 0. The summed E-state index contributed by atoms with van der Waals surface area (Å²) in [6.45, 7) is 31.8. The van der Waals surface area contributed by atoms with E-state index in [0.717, 1.165) is 138 Å². The smallest absolute Gasteiger partial charge is 0.276 e. The number of rotatable bonds is 52. The summed E-state index contributed by atoms with van der Waals surface area (Å²) in [6.07, 6.45) is 24.6. The molecule has 7 rings (SSSR count). The summed E-state index contributed by atoms with van der Waals surface area (Å²) in [4.78, 5) is 83.5. The van der Waals surface area contributed by atoms with Crippen LogP contribution in [0.15, 0.2) is 103 Å². The van der Waals surface area contributed by atoms with Crippen molar-refractivity contribution < 1.29 is 73.0 Å². The van der Waals surface area contributed by atoms with E-state index in [-0.39, 0.29) is 66.2 Å². The number of ether oxygens (including phenoxy) is 8. The van der Waals surface area contributed by atoms with E-state index in [9.17, 15) is 38.9 Å². The lowest BCUT2D eigenvalue weighted by molar-refractivity contribution is -0.385. The van der Waals surface area contributed by atoms with E-state index in [1.807, 2.05) is 65.4 Å². The van der Waals surface area contributed by atoms with Gasteiger partial charge >= 0.3 is 0 Å². The predicted octanol–water partition coefficient (Wildman–Crippen LogP) is 23.6. The van der Waals surface area contributed by atoms with Gasteiger partial charge in [-0.05, 0) is 256 Å². The molecule has 1 heterocycles. The second-order valence-electron chi connectivity index (χ2n) is 33.0. The number of hydrogen-bond acceptors (Lipinski definition) is 19. The third kappa shape index (κ3) is 43.8. The molecule has 6 aromatic rings. The summed E-state index contributed by atoms with van der Waals surface area (Å²) < 4.78 is 42.7. The van der Waals surface area contributed by atoms with Crippen molar-refractivity contribution in [3.8, 4) is 23.0 Å². The molecule has 21 nitrogen and oxygen atoms in total. The normalized spacial score (nSPS) is 13.3. The monoisotopic (exact) mass is 1760 g/mol. The molecule has 1 fully saturated rings. The molecule has 700 valence electrons. The number of aryl methyl sites for hydroxylation is 6. The van der Waals surface area contributed by atoms with Gasteiger partial charge in [-0.3, -0.25) is 39.0 Å². The molecule has 0 spiro atoms. The van der Waals surface area contributed by atoms with Gasteiger partial charge in [0.2, 0.25) is 17.7 Å². The number of nitrogens with one attached hydrogen (secondary N) is 3. The Labute approximate surface area is 758 Å². The summed E-state index contributed by atoms with van der Waals surface area (Å²) in [6, 6.07) is 34.6. The average Bonchev–Trinajstić information content (AvgIpc) is 0.984. The third-order valence-corrected chi connectivity index (χ3v) is 23.9. The first-order chi connectivity index (χ1) is 59.8. The molecule has 6 aromatic carbocycles. The van der Waals surface area contributed by atoms with Crippen molar-refractivity contribution in [2.24, 2.45) is 0 Å². The van der Waals surface area contributed by atoms with Gasteiger partial charge in [0.1, 0.15) is 17.3 Å². The van der Waals surface area contributed by atoms with Crippen LogP contribution in [0.4, 0.5) is 5.69 Å². The summed E-state index contributed by atoms with van der Waals surface area (Å²) in [5.74, 6) is 3.87. The number of benzene rings is 6. The van der Waals surface area contributed by atoms with Crippen LogP contribution in [0.2, 0.25) is 0 Å². The van der Waals surface area contributed by atoms with Gasteiger partial charge in [-0.15, -0.1) is 0 Å². The number of thioether (sulfide) groups is 1. The fourth-order valence-electron chi connectivity index (χ4n) is 14.5. The fraction of sp³-hybridized carbons (Fsp3) is 0.592. The number of hydrogen-bond donors (Lipinski definition) is 3. The lowest BCUT2D eigenvalue weighted by Gasteiger charge is -2.16. The van der Waals surface area contributed by atoms with Crippen molar-refractivity contribution in [3.63, 3.8) is 0 Å². The Balaban J connectivity index is 0.000000806. The SMILES string of the molecule is CCC(C)c1cc(OC)c(OC)cc1C.CNCCCCCC(=O)CCc1ccc(C)c(C(C)OC)c1.CNCc1ccc(C)c(C(C)OC)c1.COC(C)c1cc(CNC(=O)CCCCCCC(=O)CCCCCCCCCCN2C(=O)CC(SC)C2=O)ccc1C.COC(C)c1ccccc1C.COc1cc(C(C)C)c([N+](=O)[O-])cc1OCCCC(C)=O.[HH]. The van der Waals surface area contributed by atoms with Gasteiger partial charge in [0, 0.05) is 100 Å². The van der Waals surface area contributed by atoms with Gasteiger partial charge in [0.15, 0.2) is 23.0 Å². The molecule has 1 saturated heterocycles. The minimum atomic E-state index is -0.419. The molecular formula is C103H161N5O16S. The first-order valence-corrected chi connectivity index (χ1v) is 46.7. The van der Waals surface area contributed by atoms with Crippen LogP contribution < -0.4 is 34.9 Å². The lowest BCUT2D eigenvalue weighted by Crippen LogP contribution is -2.32. The van der Waals surface area contributed by atoms with Crippen LogP contribution in [0.25, 0.3) is 0 Å². The minimum Gasteiger partial charge on any atom is -0.493 e. The van der Waals surface area contributed by atoms with E-state index in [0.29, 0.717) is 99.2 Å². The van der Waals surface area contributed by atoms with E-state index in [4.69, 9.17) is 37.9 Å². The van der Waals surface area contributed by atoms with Crippen molar-refractivity contribution in [1.82, 2.24) is 20.9 Å². The maximum absolute atomic E-state index is 12.2. The summed E-state index contributed by atoms with van der Waals surface area (Å²) in [5.41, 5.74) is 16.8. The lowest BCUT2D eigenvalue weighted by atomic mass is 9.94. The standard InChI is InChI=1S/C34H54N2O5S.C19H31NO2.C15H21NO5.C13H20O2.C12H19NO.C10H14O.H2/c1-26-20-21-28(23-30(26)27(2)41-3)25-35-32(38)19-15-11-10-14-18-29(37)17-13-9-7-5-6-8-12-16-22-36-33(39)24-31(42-4)34(36)40;1-15-9-10-17(14-19(15)16(2)22-4)11-12-18(21)8-6-5-7-13-20-3;1-10(2)12-8-14(20-4)15(9-13(12)16(18)19)21-7-5-6-11(3)17;1-6-9(2)11-8-13(15-5)12(14-4)7-10(11)3;1-9-5-6-11(8-13-3)7-12(9)10(2)14-4;1-8-6-4-5-7-10(8)9(2)11-3;/h20-21,23,27,31H,5-19,22,24-25H2,1-4H3,(H,35,38);9-10,14,16,20H,5-8,11-13H2,1-4H3;8-10H,5-7H2,1-4H3;7-9H,6H2,1-5H3;5-7,10,13H,8H2,1-4H3;4-7,9H,1-3H3;1H. The van der Waals surface area contributed by atoms with Crippen molar-refractivity contribution >= 4 is 52.5 Å². The summed E-state index contributed by atoms with van der Waals surface area (Å²) in [5, 5.41) is 20.3. The molecule has 0 radical (unpaired) electrons. The van der Waals surface area contributed by atoms with Crippen LogP contribution in [0.3, 0.4) is 0 Å². The highest BCUT2D eigenvalue weighted by Gasteiger charge is 2.37. The average molecular weight is 1760 g/mol. The van der Waals surface area contributed by atoms with Crippen LogP contribution in [0, 0.1) is 44.7 Å². The zero-order valence-electron chi connectivity index (χ0n) is 80.9. The molecule has 0 saturated carbocycles. The number of methoxy groups -OCH3 is 7. The molecule has 0 aliphatic carbocycles. The summed E-state index contributed by atoms with van der Waals surface area (Å²) >= 11 is 1.47. The molecule has 6 atom stereocenters. The van der Waals surface area contributed by atoms with Crippen molar-refractivity contribution in [1.29, 1.82) is 0 Å². The Morgan fingerprint density at radius 1 is 0.488 bits per heavy atom. The molecule has 22 heteroatoms. The largest absolute Gasteiger partial charge is 0.493 e. The Morgan fingerprint density at radius 3 is 1.39 bits per heavy atom. The third-order valence-electron chi connectivity index (χ3n) is 23.0. The highest BCUT2D eigenvalue weighted by atomic mass is 32.2. The second kappa shape index (κ2) is 65.2. The van der Waals surface area contributed by atoms with Crippen LogP contribution in [0.5, 0.6) is 23.0 Å². The van der Waals surface area contributed by atoms with E-state index in [2.05, 4.69) is 152 Å². The van der Waals surface area contributed by atoms with Crippen molar-refractivity contribution in [2.45, 2.75) is 312 Å². The maximum Gasteiger partial charge on any atom is 0.276 e. The maximum atomic E-state index is 12.2. The fourth-order valence-corrected chi connectivity index (χ4v) is 15.2. The van der Waals surface area contributed by atoms with E-state index in [1.165, 1.54) is 111 Å². The Kier molecular flexibility index (Phi) is 58.8. The number of nitro groups is 1. The molecular weight excluding hydrogens is 1600 g/mol. The van der Waals surface area contributed by atoms with Crippen molar-refractivity contribution in [3.05, 3.63) is 191 Å². The van der Waals surface area contributed by atoms with Crippen LogP contribution in [-0.2, 0) is 67.2 Å². The van der Waals surface area contributed by atoms with E-state index in [1.54, 1.807) is 48.7 Å². The number of unbranched alkanes of at least 4 members (excludes halogenated alkanes) is 12. The van der Waals surface area contributed by atoms with Crippen LogP contribution in [0.1, 0.15) is 332 Å². The van der Waals surface area contributed by atoms with Gasteiger partial charge in [-0.2, -0.15) is 11.8 Å². The molecule has 0 aromatic heterocycles. The van der Waals surface area contributed by atoms with Gasteiger partial charge in [-0.1, -0.05) is 164 Å². The predicted molar refractivity (Wildman–Crippen MR) is 514 cm³/mol. The number of imide groups is 1. The van der Waals surface area contributed by atoms with E-state index < -0.39 is 4.92 Å². The first-order valence-electron chi connectivity index (χ1n) is 45.4. The second-order valence-corrected chi connectivity index (χ2v) is 34.1. The molecule has 125 heavy (non-hydrogen) atoms. The Hall–Kier alpha value is -8.35. The zero-order valence-corrected chi connectivity index (χ0v) is 81.7.